The van der Waals surface area contributed by atoms with Gasteiger partial charge in [0.2, 0.25) is 0 Å². The highest BCUT2D eigenvalue weighted by atomic mass is 32.1. The van der Waals surface area contributed by atoms with E-state index in [1.54, 1.807) is 24.3 Å². The van der Waals surface area contributed by atoms with Gasteiger partial charge in [-0.2, -0.15) is 0 Å². The number of hydrazine groups is 1. The Morgan fingerprint density at radius 1 is 1.12 bits per heavy atom. The van der Waals surface area contributed by atoms with E-state index in [2.05, 4.69) is 10.9 Å². The van der Waals surface area contributed by atoms with Crippen molar-refractivity contribution in [2.75, 3.05) is 6.61 Å². The molecule has 0 bridgehead atoms. The second-order valence-electron chi connectivity index (χ2n) is 5.37. The summed E-state index contributed by atoms with van der Waals surface area (Å²) >= 11 is 1.15. The van der Waals surface area contributed by atoms with Gasteiger partial charge in [-0.15, -0.1) is 11.3 Å². The standard InChI is InChI=1S/C18H15FN2O3S/c1-11-4-2-5-12(8-11)24-10-17(22)20-21-18(23)16-9-13-14(19)6-3-7-15(13)25-16/h2-9H,10H2,1H3,(H,20,22)(H,21,23). The summed E-state index contributed by atoms with van der Waals surface area (Å²) in [6.07, 6.45) is 0. The number of halogens is 1. The maximum atomic E-state index is 13.7. The van der Waals surface area contributed by atoms with E-state index in [1.165, 1.54) is 12.1 Å². The molecule has 0 aliphatic heterocycles. The Bertz CT molecular complexity index is 939. The Morgan fingerprint density at radius 2 is 1.92 bits per heavy atom. The van der Waals surface area contributed by atoms with E-state index in [0.717, 1.165) is 16.9 Å². The summed E-state index contributed by atoms with van der Waals surface area (Å²) in [4.78, 5) is 24.1. The number of thiophene rings is 1. The molecule has 0 saturated heterocycles. The van der Waals surface area contributed by atoms with Crippen LogP contribution in [-0.4, -0.2) is 18.4 Å². The van der Waals surface area contributed by atoms with Gasteiger partial charge in [0.15, 0.2) is 6.61 Å². The molecule has 0 unspecified atom stereocenters. The van der Waals surface area contributed by atoms with Crippen molar-refractivity contribution in [2.45, 2.75) is 6.92 Å². The number of fused-ring (bicyclic) bond motifs is 1. The van der Waals surface area contributed by atoms with Gasteiger partial charge in [0.05, 0.1) is 4.88 Å². The van der Waals surface area contributed by atoms with Gasteiger partial charge in [0.25, 0.3) is 11.8 Å². The van der Waals surface area contributed by atoms with E-state index in [0.29, 0.717) is 20.7 Å². The molecule has 5 nitrogen and oxygen atoms in total. The molecule has 0 aliphatic rings. The van der Waals surface area contributed by atoms with Crippen molar-refractivity contribution < 1.29 is 18.7 Å². The zero-order chi connectivity index (χ0) is 17.8. The second kappa shape index (κ2) is 7.31. The Labute approximate surface area is 147 Å². The molecule has 2 amide bonds. The third kappa shape index (κ3) is 4.13. The maximum Gasteiger partial charge on any atom is 0.279 e. The molecular weight excluding hydrogens is 343 g/mol. The number of nitrogens with one attached hydrogen (secondary N) is 2. The quantitative estimate of drug-likeness (QED) is 0.704. The van der Waals surface area contributed by atoms with Gasteiger partial charge in [0, 0.05) is 10.1 Å². The van der Waals surface area contributed by atoms with Crippen LogP contribution in [-0.2, 0) is 4.79 Å². The first-order valence-corrected chi connectivity index (χ1v) is 8.31. The molecule has 0 spiro atoms. The number of aryl methyl sites for hydroxylation is 1. The van der Waals surface area contributed by atoms with Crippen LogP contribution in [0.25, 0.3) is 10.1 Å². The van der Waals surface area contributed by atoms with Gasteiger partial charge in [0.1, 0.15) is 11.6 Å². The molecule has 3 aromatic rings. The van der Waals surface area contributed by atoms with Crippen molar-refractivity contribution in [2.24, 2.45) is 0 Å². The van der Waals surface area contributed by atoms with Crippen LogP contribution in [0.4, 0.5) is 4.39 Å². The van der Waals surface area contributed by atoms with Gasteiger partial charge in [-0.3, -0.25) is 20.4 Å². The Hall–Kier alpha value is -2.93. The van der Waals surface area contributed by atoms with Gasteiger partial charge in [-0.25, -0.2) is 4.39 Å². The van der Waals surface area contributed by atoms with E-state index >= 15 is 0 Å². The molecule has 0 atom stereocenters. The molecule has 3 rings (SSSR count). The van der Waals surface area contributed by atoms with Crippen LogP contribution in [0, 0.1) is 12.7 Å². The molecule has 0 fully saturated rings. The van der Waals surface area contributed by atoms with Crippen LogP contribution in [0.5, 0.6) is 5.75 Å². The van der Waals surface area contributed by atoms with Gasteiger partial charge >= 0.3 is 0 Å². The number of amides is 2. The van der Waals surface area contributed by atoms with Crippen molar-refractivity contribution in [1.29, 1.82) is 0 Å². The second-order valence-corrected chi connectivity index (χ2v) is 6.45. The largest absolute Gasteiger partial charge is 0.484 e. The molecule has 2 N–H and O–H groups in total. The van der Waals surface area contributed by atoms with E-state index < -0.39 is 11.8 Å². The molecule has 7 heteroatoms. The van der Waals surface area contributed by atoms with E-state index in [1.807, 2.05) is 19.1 Å². The fraction of sp³-hybridized carbons (Fsp3) is 0.111. The molecule has 1 heterocycles. The number of ether oxygens (including phenoxy) is 1. The number of benzene rings is 2. The molecule has 25 heavy (non-hydrogen) atoms. The summed E-state index contributed by atoms with van der Waals surface area (Å²) in [5.41, 5.74) is 5.59. The highest BCUT2D eigenvalue weighted by molar-refractivity contribution is 7.20. The van der Waals surface area contributed by atoms with Crippen molar-refractivity contribution in [1.82, 2.24) is 10.9 Å². The predicted octanol–water partition coefficient (Wildman–Crippen LogP) is 3.19. The van der Waals surface area contributed by atoms with Crippen molar-refractivity contribution in [3.8, 4) is 5.75 Å². The number of carbonyl (C=O) groups excluding carboxylic acids is 2. The highest BCUT2D eigenvalue weighted by Gasteiger charge is 2.13. The third-order valence-corrected chi connectivity index (χ3v) is 4.51. The van der Waals surface area contributed by atoms with Gasteiger partial charge in [-0.05, 0) is 42.8 Å². The van der Waals surface area contributed by atoms with Crippen molar-refractivity contribution >= 4 is 33.2 Å². The monoisotopic (exact) mass is 358 g/mol. The van der Waals surface area contributed by atoms with Crippen LogP contribution >= 0.6 is 11.3 Å². The average molecular weight is 358 g/mol. The van der Waals surface area contributed by atoms with Crippen molar-refractivity contribution in [3.63, 3.8) is 0 Å². The highest BCUT2D eigenvalue weighted by Crippen LogP contribution is 2.27. The van der Waals surface area contributed by atoms with E-state index in [-0.39, 0.29) is 12.4 Å². The SMILES string of the molecule is Cc1cccc(OCC(=O)NNC(=O)c2cc3c(F)cccc3s2)c1. The third-order valence-electron chi connectivity index (χ3n) is 3.41. The number of rotatable bonds is 4. The van der Waals surface area contributed by atoms with Crippen molar-refractivity contribution in [3.05, 3.63) is 64.8 Å². The lowest BCUT2D eigenvalue weighted by Gasteiger charge is -2.08. The summed E-state index contributed by atoms with van der Waals surface area (Å²) in [5, 5.41) is 0.381. The lowest BCUT2D eigenvalue weighted by molar-refractivity contribution is -0.123. The van der Waals surface area contributed by atoms with E-state index in [4.69, 9.17) is 4.74 Å². The molecule has 2 aromatic carbocycles. The number of hydrogen-bond acceptors (Lipinski definition) is 4. The van der Waals surface area contributed by atoms with Crippen LogP contribution in [0.2, 0.25) is 0 Å². The lowest BCUT2D eigenvalue weighted by atomic mass is 10.2. The topological polar surface area (TPSA) is 67.4 Å². The lowest BCUT2D eigenvalue weighted by Crippen LogP contribution is -2.43. The number of carbonyl (C=O) groups is 2. The molecule has 0 radical (unpaired) electrons. The van der Waals surface area contributed by atoms with Crippen LogP contribution in [0.15, 0.2) is 48.5 Å². The Kier molecular flexibility index (Phi) is 4.95. The normalized spacial score (nSPS) is 10.5. The fourth-order valence-electron chi connectivity index (χ4n) is 2.22. The molecule has 0 aliphatic carbocycles. The molecule has 0 saturated carbocycles. The van der Waals surface area contributed by atoms with Crippen LogP contribution in [0.1, 0.15) is 15.2 Å². The van der Waals surface area contributed by atoms with Gasteiger partial charge < -0.3 is 4.74 Å². The minimum Gasteiger partial charge on any atom is -0.484 e. The summed E-state index contributed by atoms with van der Waals surface area (Å²) in [6, 6.07) is 13.4. The Morgan fingerprint density at radius 3 is 2.68 bits per heavy atom. The predicted molar refractivity (Wildman–Crippen MR) is 94.1 cm³/mol. The van der Waals surface area contributed by atoms with Crippen LogP contribution < -0.4 is 15.6 Å². The molecule has 1 aromatic heterocycles. The fourth-order valence-corrected chi connectivity index (χ4v) is 3.19. The minimum absolute atomic E-state index is 0.231. The van der Waals surface area contributed by atoms with Gasteiger partial charge in [-0.1, -0.05) is 18.2 Å². The summed E-state index contributed by atoms with van der Waals surface area (Å²) in [6.45, 7) is 1.69. The minimum atomic E-state index is -0.510. The summed E-state index contributed by atoms with van der Waals surface area (Å²) in [5.74, 6) is -0.823. The average Bonchev–Trinajstić information content (AvgIpc) is 3.04. The maximum absolute atomic E-state index is 13.7. The first-order chi connectivity index (χ1) is 12.0. The Balaban J connectivity index is 1.54. The molecular formula is C18H15FN2O3S. The van der Waals surface area contributed by atoms with E-state index in [9.17, 15) is 14.0 Å². The zero-order valence-corrected chi connectivity index (χ0v) is 14.2. The molecule has 128 valence electrons. The first kappa shape index (κ1) is 16.9. The number of hydrogen-bond donors (Lipinski definition) is 2. The van der Waals surface area contributed by atoms with Crippen LogP contribution in [0.3, 0.4) is 0 Å². The first-order valence-electron chi connectivity index (χ1n) is 7.49. The smallest absolute Gasteiger partial charge is 0.279 e. The summed E-state index contributed by atoms with van der Waals surface area (Å²) in [7, 11) is 0. The summed E-state index contributed by atoms with van der Waals surface area (Å²) < 4.78 is 19.7. The zero-order valence-electron chi connectivity index (χ0n) is 13.3.